The molecule has 1 fully saturated rings. The van der Waals surface area contributed by atoms with E-state index in [1.165, 1.54) is 0 Å². The number of nitrogens with zero attached hydrogens (tertiary/aromatic N) is 2. The van der Waals surface area contributed by atoms with Gasteiger partial charge in [-0.2, -0.15) is 0 Å². The largest absolute Gasteiger partial charge is 0.369 e. The quantitative estimate of drug-likeness (QED) is 0.882. The van der Waals surface area contributed by atoms with Gasteiger partial charge in [-0.1, -0.05) is 0 Å². The molecule has 1 aliphatic rings. The Hall–Kier alpha value is -1.13. The molecule has 2 rings (SSSR count). The van der Waals surface area contributed by atoms with Gasteiger partial charge in [0.2, 0.25) is 0 Å². The number of nitrogens with two attached hydrogens (primary N) is 1. The van der Waals surface area contributed by atoms with E-state index in [0.29, 0.717) is 0 Å². The van der Waals surface area contributed by atoms with Gasteiger partial charge < -0.3 is 10.6 Å². The minimum atomic E-state index is -0.125. The lowest BCUT2D eigenvalue weighted by Gasteiger charge is -2.36. The molecule has 0 amide bonds. The zero-order valence-electron chi connectivity index (χ0n) is 11.0. The standard InChI is InChI=1S/C14H22FN3/c1-12-11-13(3-4-14(12)15)18-9-7-17(8-10-18)6-2-5-16/h3-4,11H,2,5-10,16H2,1H3. The van der Waals surface area contributed by atoms with E-state index in [0.717, 1.165) is 56.9 Å². The summed E-state index contributed by atoms with van der Waals surface area (Å²) in [6.45, 7) is 7.82. The molecule has 0 unspecified atom stereocenters. The highest BCUT2D eigenvalue weighted by molar-refractivity contribution is 5.49. The summed E-state index contributed by atoms with van der Waals surface area (Å²) in [5, 5.41) is 0. The van der Waals surface area contributed by atoms with Crippen molar-refractivity contribution in [2.24, 2.45) is 5.73 Å². The van der Waals surface area contributed by atoms with Crippen LogP contribution in [-0.2, 0) is 0 Å². The number of halogens is 1. The van der Waals surface area contributed by atoms with Gasteiger partial charge >= 0.3 is 0 Å². The molecule has 18 heavy (non-hydrogen) atoms. The van der Waals surface area contributed by atoms with E-state index >= 15 is 0 Å². The van der Waals surface area contributed by atoms with E-state index in [1.54, 1.807) is 6.07 Å². The van der Waals surface area contributed by atoms with Crippen LogP contribution in [0, 0.1) is 12.7 Å². The van der Waals surface area contributed by atoms with Gasteiger partial charge in [-0.15, -0.1) is 0 Å². The SMILES string of the molecule is Cc1cc(N2CCN(CCCN)CC2)ccc1F. The van der Waals surface area contributed by atoms with Crippen LogP contribution in [0.4, 0.5) is 10.1 Å². The molecule has 1 saturated heterocycles. The third-order valence-corrected chi connectivity index (χ3v) is 3.56. The molecule has 0 spiro atoms. The predicted molar refractivity (Wildman–Crippen MR) is 73.5 cm³/mol. The van der Waals surface area contributed by atoms with Gasteiger partial charge in [0.05, 0.1) is 0 Å². The average Bonchev–Trinajstić information content (AvgIpc) is 2.40. The molecule has 0 bridgehead atoms. The topological polar surface area (TPSA) is 32.5 Å². The van der Waals surface area contributed by atoms with Crippen LogP contribution in [0.3, 0.4) is 0 Å². The molecular formula is C14H22FN3. The molecule has 2 N–H and O–H groups in total. The molecule has 4 heteroatoms. The van der Waals surface area contributed by atoms with Crippen molar-refractivity contribution in [2.45, 2.75) is 13.3 Å². The lowest BCUT2D eigenvalue weighted by molar-refractivity contribution is 0.256. The molecule has 1 aromatic carbocycles. The van der Waals surface area contributed by atoms with E-state index in [9.17, 15) is 4.39 Å². The highest BCUT2D eigenvalue weighted by Crippen LogP contribution is 2.19. The van der Waals surface area contributed by atoms with Crippen LogP contribution in [-0.4, -0.2) is 44.2 Å². The Balaban J connectivity index is 1.90. The first-order valence-corrected chi connectivity index (χ1v) is 6.64. The summed E-state index contributed by atoms with van der Waals surface area (Å²) in [4.78, 5) is 4.77. The highest BCUT2D eigenvalue weighted by Gasteiger charge is 2.16. The Morgan fingerprint density at radius 1 is 1.22 bits per heavy atom. The van der Waals surface area contributed by atoms with E-state index in [-0.39, 0.29) is 5.82 Å². The summed E-state index contributed by atoms with van der Waals surface area (Å²) in [7, 11) is 0. The minimum absolute atomic E-state index is 0.125. The number of anilines is 1. The van der Waals surface area contributed by atoms with Gasteiger partial charge in [-0.3, -0.25) is 4.90 Å². The van der Waals surface area contributed by atoms with Crippen molar-refractivity contribution < 1.29 is 4.39 Å². The molecule has 0 saturated carbocycles. The number of aryl methyl sites for hydroxylation is 1. The maximum Gasteiger partial charge on any atom is 0.126 e. The maximum atomic E-state index is 13.2. The van der Waals surface area contributed by atoms with Gasteiger partial charge in [0.1, 0.15) is 5.82 Å². The molecule has 1 aliphatic heterocycles. The summed E-state index contributed by atoms with van der Waals surface area (Å²) in [5.41, 5.74) is 7.37. The Morgan fingerprint density at radius 2 is 1.94 bits per heavy atom. The first kappa shape index (κ1) is 13.3. The summed E-state index contributed by atoms with van der Waals surface area (Å²) in [6, 6.07) is 5.37. The molecular weight excluding hydrogens is 229 g/mol. The second kappa shape index (κ2) is 6.16. The summed E-state index contributed by atoms with van der Waals surface area (Å²) in [5.74, 6) is -0.125. The Bertz CT molecular complexity index is 387. The third-order valence-electron chi connectivity index (χ3n) is 3.56. The number of hydrogen-bond acceptors (Lipinski definition) is 3. The third kappa shape index (κ3) is 3.21. The van der Waals surface area contributed by atoms with Crippen molar-refractivity contribution in [3.63, 3.8) is 0 Å². The summed E-state index contributed by atoms with van der Waals surface area (Å²) in [6.07, 6.45) is 1.07. The van der Waals surface area contributed by atoms with Crippen LogP contribution in [0.2, 0.25) is 0 Å². The molecule has 1 heterocycles. The van der Waals surface area contributed by atoms with Gasteiger partial charge in [0.15, 0.2) is 0 Å². The Labute approximate surface area is 108 Å². The van der Waals surface area contributed by atoms with Crippen molar-refractivity contribution >= 4 is 5.69 Å². The molecule has 0 aromatic heterocycles. The van der Waals surface area contributed by atoms with Crippen LogP contribution in [0.15, 0.2) is 18.2 Å². The molecule has 3 nitrogen and oxygen atoms in total. The van der Waals surface area contributed by atoms with E-state index in [2.05, 4.69) is 9.80 Å². The monoisotopic (exact) mass is 251 g/mol. The van der Waals surface area contributed by atoms with E-state index in [1.807, 2.05) is 19.1 Å². The van der Waals surface area contributed by atoms with Crippen LogP contribution in [0.25, 0.3) is 0 Å². The smallest absolute Gasteiger partial charge is 0.126 e. The lowest BCUT2D eigenvalue weighted by Crippen LogP contribution is -2.46. The van der Waals surface area contributed by atoms with Gasteiger partial charge in [-0.05, 0) is 50.2 Å². The normalized spacial score (nSPS) is 17.2. The number of hydrogen-bond donors (Lipinski definition) is 1. The van der Waals surface area contributed by atoms with Crippen LogP contribution < -0.4 is 10.6 Å². The first-order valence-electron chi connectivity index (χ1n) is 6.64. The van der Waals surface area contributed by atoms with Crippen LogP contribution in [0.1, 0.15) is 12.0 Å². The zero-order chi connectivity index (χ0) is 13.0. The van der Waals surface area contributed by atoms with Gasteiger partial charge in [0, 0.05) is 31.9 Å². The van der Waals surface area contributed by atoms with Crippen molar-refractivity contribution in [1.82, 2.24) is 4.90 Å². The average molecular weight is 251 g/mol. The first-order chi connectivity index (χ1) is 8.70. The second-order valence-corrected chi connectivity index (χ2v) is 4.90. The van der Waals surface area contributed by atoms with Gasteiger partial charge in [0.25, 0.3) is 0 Å². The lowest BCUT2D eigenvalue weighted by atomic mass is 10.1. The molecule has 100 valence electrons. The van der Waals surface area contributed by atoms with E-state index < -0.39 is 0 Å². The molecule has 1 aromatic rings. The fourth-order valence-electron chi connectivity index (χ4n) is 2.37. The highest BCUT2D eigenvalue weighted by atomic mass is 19.1. The van der Waals surface area contributed by atoms with Crippen molar-refractivity contribution in [1.29, 1.82) is 0 Å². The molecule has 0 atom stereocenters. The Kier molecular flexibility index (Phi) is 4.55. The number of piperazine rings is 1. The minimum Gasteiger partial charge on any atom is -0.369 e. The van der Waals surface area contributed by atoms with E-state index in [4.69, 9.17) is 5.73 Å². The Morgan fingerprint density at radius 3 is 2.56 bits per heavy atom. The molecule has 0 radical (unpaired) electrons. The zero-order valence-corrected chi connectivity index (χ0v) is 11.0. The van der Waals surface area contributed by atoms with Crippen molar-refractivity contribution in [3.05, 3.63) is 29.6 Å². The van der Waals surface area contributed by atoms with Crippen molar-refractivity contribution in [3.8, 4) is 0 Å². The second-order valence-electron chi connectivity index (χ2n) is 4.90. The van der Waals surface area contributed by atoms with Gasteiger partial charge in [-0.25, -0.2) is 4.39 Å². The predicted octanol–water partition coefficient (Wildman–Crippen LogP) is 1.60. The molecule has 0 aliphatic carbocycles. The number of benzene rings is 1. The van der Waals surface area contributed by atoms with Crippen LogP contribution >= 0.6 is 0 Å². The van der Waals surface area contributed by atoms with Crippen LogP contribution in [0.5, 0.6) is 0 Å². The maximum absolute atomic E-state index is 13.2. The van der Waals surface area contributed by atoms with Crippen molar-refractivity contribution in [2.75, 3.05) is 44.2 Å². The fraction of sp³-hybridized carbons (Fsp3) is 0.571. The summed E-state index contributed by atoms with van der Waals surface area (Å²) < 4.78 is 13.2. The fourth-order valence-corrected chi connectivity index (χ4v) is 2.37. The summed E-state index contributed by atoms with van der Waals surface area (Å²) >= 11 is 0. The number of rotatable bonds is 4.